The standard InChI is InChI=1S/C18H25N3O/c1-3-21-16-8-7-13(18(22)20-10-9-19)11-15(16)14-6-4-5-12(2)17(14)21/h7-8,11-12H,3-6,9-10,19H2,1-2H3,(H,20,22). The fourth-order valence-electron chi connectivity index (χ4n) is 3.76. The van der Waals surface area contributed by atoms with Gasteiger partial charge in [0, 0.05) is 41.8 Å². The summed E-state index contributed by atoms with van der Waals surface area (Å²) in [6.45, 7) is 6.48. The highest BCUT2D eigenvalue weighted by Gasteiger charge is 2.24. The van der Waals surface area contributed by atoms with Crippen molar-refractivity contribution in [3.05, 3.63) is 35.0 Å². The van der Waals surface area contributed by atoms with Crippen LogP contribution in [0.3, 0.4) is 0 Å². The molecule has 118 valence electrons. The van der Waals surface area contributed by atoms with Crippen LogP contribution in [0.2, 0.25) is 0 Å². The molecule has 0 saturated carbocycles. The van der Waals surface area contributed by atoms with E-state index in [1.54, 1.807) is 0 Å². The first-order valence-electron chi connectivity index (χ1n) is 8.30. The quantitative estimate of drug-likeness (QED) is 0.912. The predicted molar refractivity (Wildman–Crippen MR) is 90.4 cm³/mol. The normalized spacial score (nSPS) is 17.5. The molecular weight excluding hydrogens is 274 g/mol. The van der Waals surface area contributed by atoms with Crippen LogP contribution >= 0.6 is 0 Å². The van der Waals surface area contributed by atoms with E-state index in [2.05, 4.69) is 35.9 Å². The van der Waals surface area contributed by atoms with Crippen molar-refractivity contribution >= 4 is 16.8 Å². The Kier molecular flexibility index (Phi) is 4.21. The molecular formula is C18H25N3O. The molecule has 0 saturated heterocycles. The molecule has 1 atom stereocenters. The Morgan fingerprint density at radius 2 is 2.27 bits per heavy atom. The van der Waals surface area contributed by atoms with Crippen LogP contribution in [0, 0.1) is 0 Å². The van der Waals surface area contributed by atoms with Crippen LogP contribution in [0.25, 0.3) is 10.9 Å². The van der Waals surface area contributed by atoms with Crippen molar-refractivity contribution in [3.63, 3.8) is 0 Å². The second-order valence-electron chi connectivity index (χ2n) is 6.18. The molecule has 1 aromatic carbocycles. The highest BCUT2D eigenvalue weighted by molar-refractivity contribution is 5.99. The smallest absolute Gasteiger partial charge is 0.251 e. The van der Waals surface area contributed by atoms with E-state index < -0.39 is 0 Å². The summed E-state index contributed by atoms with van der Waals surface area (Å²) >= 11 is 0. The Morgan fingerprint density at radius 3 is 3.00 bits per heavy atom. The highest BCUT2D eigenvalue weighted by atomic mass is 16.1. The van der Waals surface area contributed by atoms with Gasteiger partial charge >= 0.3 is 0 Å². The van der Waals surface area contributed by atoms with Gasteiger partial charge in [-0.3, -0.25) is 4.79 Å². The van der Waals surface area contributed by atoms with Gasteiger partial charge in [0.25, 0.3) is 5.91 Å². The molecule has 1 aromatic heterocycles. The number of hydrogen-bond donors (Lipinski definition) is 2. The number of carbonyl (C=O) groups is 1. The minimum atomic E-state index is -0.0331. The van der Waals surface area contributed by atoms with Crippen molar-refractivity contribution in [1.82, 2.24) is 9.88 Å². The molecule has 3 rings (SSSR count). The van der Waals surface area contributed by atoms with Crippen LogP contribution in [0.5, 0.6) is 0 Å². The van der Waals surface area contributed by atoms with Gasteiger partial charge in [0.05, 0.1) is 0 Å². The summed E-state index contributed by atoms with van der Waals surface area (Å²) in [5.41, 5.74) is 10.4. The third kappa shape index (κ3) is 2.41. The minimum Gasteiger partial charge on any atom is -0.351 e. The lowest BCUT2D eigenvalue weighted by molar-refractivity contribution is 0.0955. The molecule has 1 unspecified atom stereocenters. The van der Waals surface area contributed by atoms with Crippen LogP contribution in [-0.4, -0.2) is 23.6 Å². The third-order valence-electron chi connectivity index (χ3n) is 4.75. The van der Waals surface area contributed by atoms with Gasteiger partial charge in [0.1, 0.15) is 0 Å². The Hall–Kier alpha value is -1.81. The second kappa shape index (κ2) is 6.13. The van der Waals surface area contributed by atoms with Gasteiger partial charge < -0.3 is 15.6 Å². The van der Waals surface area contributed by atoms with Crippen molar-refractivity contribution < 1.29 is 4.79 Å². The SMILES string of the molecule is CCn1c2c(c3cc(C(=O)NCCN)ccc31)CCCC2C. The Bertz CT molecular complexity index is 702. The van der Waals surface area contributed by atoms with Crippen molar-refractivity contribution in [2.75, 3.05) is 13.1 Å². The van der Waals surface area contributed by atoms with Gasteiger partial charge in [-0.25, -0.2) is 0 Å². The first-order valence-corrected chi connectivity index (χ1v) is 8.30. The Labute approximate surface area is 131 Å². The van der Waals surface area contributed by atoms with Gasteiger partial charge in [-0.2, -0.15) is 0 Å². The Morgan fingerprint density at radius 1 is 1.45 bits per heavy atom. The average molecular weight is 299 g/mol. The van der Waals surface area contributed by atoms with E-state index in [1.807, 2.05) is 6.07 Å². The molecule has 4 nitrogen and oxygen atoms in total. The zero-order valence-corrected chi connectivity index (χ0v) is 13.5. The van der Waals surface area contributed by atoms with E-state index in [1.165, 1.54) is 35.0 Å². The lowest BCUT2D eigenvalue weighted by atomic mass is 9.87. The molecule has 1 heterocycles. The molecule has 0 bridgehead atoms. The molecule has 0 spiro atoms. The third-order valence-corrected chi connectivity index (χ3v) is 4.75. The lowest BCUT2D eigenvalue weighted by Crippen LogP contribution is -2.28. The molecule has 1 amide bonds. The number of amides is 1. The van der Waals surface area contributed by atoms with E-state index in [0.29, 0.717) is 19.0 Å². The van der Waals surface area contributed by atoms with Gasteiger partial charge in [-0.15, -0.1) is 0 Å². The van der Waals surface area contributed by atoms with Gasteiger partial charge in [0.15, 0.2) is 0 Å². The molecule has 22 heavy (non-hydrogen) atoms. The van der Waals surface area contributed by atoms with Crippen LogP contribution in [0.15, 0.2) is 18.2 Å². The zero-order valence-electron chi connectivity index (χ0n) is 13.5. The Balaban J connectivity index is 2.10. The lowest BCUT2D eigenvalue weighted by Gasteiger charge is -2.21. The minimum absolute atomic E-state index is 0.0331. The first-order chi connectivity index (χ1) is 10.7. The van der Waals surface area contributed by atoms with Crippen LogP contribution in [0.1, 0.15) is 54.2 Å². The summed E-state index contributed by atoms with van der Waals surface area (Å²) in [5.74, 6) is 0.569. The van der Waals surface area contributed by atoms with Crippen LogP contribution < -0.4 is 11.1 Å². The molecule has 0 radical (unpaired) electrons. The monoisotopic (exact) mass is 299 g/mol. The molecule has 1 aliphatic rings. The number of aryl methyl sites for hydroxylation is 2. The van der Waals surface area contributed by atoms with Crippen LogP contribution in [0.4, 0.5) is 0 Å². The number of hydrogen-bond acceptors (Lipinski definition) is 2. The fraction of sp³-hybridized carbons (Fsp3) is 0.500. The number of nitrogens with zero attached hydrogens (tertiary/aromatic N) is 1. The zero-order chi connectivity index (χ0) is 15.7. The molecule has 0 aliphatic heterocycles. The average Bonchev–Trinajstić information content (AvgIpc) is 2.87. The van der Waals surface area contributed by atoms with Crippen molar-refractivity contribution in [2.45, 2.75) is 45.6 Å². The summed E-state index contributed by atoms with van der Waals surface area (Å²) in [4.78, 5) is 12.2. The van der Waals surface area contributed by atoms with Crippen molar-refractivity contribution in [1.29, 1.82) is 0 Å². The number of nitrogens with two attached hydrogens (primary N) is 1. The van der Waals surface area contributed by atoms with E-state index in [0.717, 1.165) is 18.5 Å². The fourth-order valence-corrected chi connectivity index (χ4v) is 3.76. The summed E-state index contributed by atoms with van der Waals surface area (Å²) in [5, 5.41) is 4.11. The summed E-state index contributed by atoms with van der Waals surface area (Å²) in [6, 6.07) is 6.09. The maximum atomic E-state index is 12.2. The highest BCUT2D eigenvalue weighted by Crippen LogP contribution is 2.38. The number of nitrogens with one attached hydrogen (secondary N) is 1. The molecule has 3 N–H and O–H groups in total. The first kappa shape index (κ1) is 15.1. The van der Waals surface area contributed by atoms with E-state index >= 15 is 0 Å². The summed E-state index contributed by atoms with van der Waals surface area (Å²) in [6.07, 6.45) is 3.62. The summed E-state index contributed by atoms with van der Waals surface area (Å²) in [7, 11) is 0. The molecule has 0 fully saturated rings. The topological polar surface area (TPSA) is 60.0 Å². The predicted octanol–water partition coefficient (Wildman–Crippen LogP) is 2.79. The van der Waals surface area contributed by atoms with Crippen LogP contribution in [-0.2, 0) is 13.0 Å². The summed E-state index contributed by atoms with van der Waals surface area (Å²) < 4.78 is 2.43. The number of fused-ring (bicyclic) bond motifs is 3. The van der Waals surface area contributed by atoms with E-state index in [4.69, 9.17) is 5.73 Å². The number of carbonyl (C=O) groups excluding carboxylic acids is 1. The number of aromatic nitrogens is 1. The van der Waals surface area contributed by atoms with E-state index in [9.17, 15) is 4.79 Å². The van der Waals surface area contributed by atoms with Gasteiger partial charge in [-0.1, -0.05) is 6.92 Å². The van der Waals surface area contributed by atoms with Crippen molar-refractivity contribution in [2.24, 2.45) is 5.73 Å². The maximum absolute atomic E-state index is 12.2. The molecule has 4 heteroatoms. The molecule has 2 aromatic rings. The molecule has 1 aliphatic carbocycles. The largest absolute Gasteiger partial charge is 0.351 e. The maximum Gasteiger partial charge on any atom is 0.251 e. The van der Waals surface area contributed by atoms with Gasteiger partial charge in [-0.05, 0) is 55.9 Å². The van der Waals surface area contributed by atoms with Crippen molar-refractivity contribution in [3.8, 4) is 0 Å². The second-order valence-corrected chi connectivity index (χ2v) is 6.18. The number of rotatable bonds is 4. The van der Waals surface area contributed by atoms with Gasteiger partial charge in [0.2, 0.25) is 0 Å². The van der Waals surface area contributed by atoms with E-state index in [-0.39, 0.29) is 5.91 Å². The number of benzene rings is 1.